The molecule has 1 fully saturated rings. The molecule has 5 nitrogen and oxygen atoms in total. The zero-order chi connectivity index (χ0) is 15.8. The van der Waals surface area contributed by atoms with Gasteiger partial charge < -0.3 is 20.2 Å². The van der Waals surface area contributed by atoms with Crippen LogP contribution in [0.15, 0.2) is 24.3 Å². The van der Waals surface area contributed by atoms with Gasteiger partial charge in [-0.15, -0.1) is 0 Å². The molecule has 122 valence electrons. The first kappa shape index (κ1) is 16.5. The predicted molar refractivity (Wildman–Crippen MR) is 89.4 cm³/mol. The third-order valence-corrected chi connectivity index (χ3v) is 4.10. The van der Waals surface area contributed by atoms with Gasteiger partial charge in [-0.25, -0.2) is 4.79 Å². The zero-order valence-electron chi connectivity index (χ0n) is 13.4. The van der Waals surface area contributed by atoms with Crippen molar-refractivity contribution in [1.29, 1.82) is 0 Å². The van der Waals surface area contributed by atoms with Crippen LogP contribution in [0.1, 0.15) is 32.6 Å². The van der Waals surface area contributed by atoms with Crippen LogP contribution in [0.4, 0.5) is 10.5 Å². The van der Waals surface area contributed by atoms with Crippen molar-refractivity contribution in [2.75, 3.05) is 37.6 Å². The molecule has 5 heteroatoms. The van der Waals surface area contributed by atoms with E-state index in [0.29, 0.717) is 18.8 Å². The van der Waals surface area contributed by atoms with Gasteiger partial charge in [-0.1, -0.05) is 38.3 Å². The second-order valence-electron chi connectivity index (χ2n) is 5.76. The van der Waals surface area contributed by atoms with Crippen molar-refractivity contribution < 1.29 is 9.90 Å². The molecule has 0 atom stereocenters. The van der Waals surface area contributed by atoms with Gasteiger partial charge in [-0.2, -0.15) is 0 Å². The standard InChI is InChI=1S/C17H27N3O2/c1-2-3-4-7-10-18-17(22)20-13-11-19(12-14-20)15-8-5-6-9-16(15)21/h5-6,8-9,21H,2-4,7,10-14H2,1H3,(H,18,22). The molecule has 0 unspecified atom stereocenters. The molecule has 1 aliphatic rings. The number of piperazine rings is 1. The highest BCUT2D eigenvalue weighted by atomic mass is 16.3. The summed E-state index contributed by atoms with van der Waals surface area (Å²) in [5.41, 5.74) is 0.849. The summed E-state index contributed by atoms with van der Waals surface area (Å²) in [5, 5.41) is 12.9. The topological polar surface area (TPSA) is 55.8 Å². The van der Waals surface area contributed by atoms with Crippen molar-refractivity contribution in [2.24, 2.45) is 0 Å². The predicted octanol–water partition coefficient (Wildman–Crippen LogP) is 2.80. The van der Waals surface area contributed by atoms with E-state index in [1.807, 2.05) is 23.1 Å². The lowest BCUT2D eigenvalue weighted by Crippen LogP contribution is -2.52. The van der Waals surface area contributed by atoms with Crippen LogP contribution in [-0.4, -0.2) is 48.8 Å². The Balaban J connectivity index is 1.72. The Morgan fingerprint density at radius 1 is 1.14 bits per heavy atom. The molecular weight excluding hydrogens is 278 g/mol. The Labute approximate surface area is 132 Å². The number of unbranched alkanes of at least 4 members (excludes halogenated alkanes) is 3. The average molecular weight is 305 g/mol. The molecule has 0 aliphatic carbocycles. The van der Waals surface area contributed by atoms with Crippen LogP contribution in [0, 0.1) is 0 Å². The Kier molecular flexibility index (Phi) is 6.37. The number of anilines is 1. The maximum atomic E-state index is 12.1. The fourth-order valence-corrected chi connectivity index (χ4v) is 2.74. The molecule has 1 aliphatic heterocycles. The summed E-state index contributed by atoms with van der Waals surface area (Å²) in [6, 6.07) is 7.39. The van der Waals surface area contributed by atoms with E-state index in [1.54, 1.807) is 6.07 Å². The van der Waals surface area contributed by atoms with Gasteiger partial charge in [0.2, 0.25) is 0 Å². The minimum Gasteiger partial charge on any atom is -0.506 e. The third kappa shape index (κ3) is 4.55. The Morgan fingerprint density at radius 2 is 1.86 bits per heavy atom. The minimum absolute atomic E-state index is 0.0356. The quantitative estimate of drug-likeness (QED) is 0.795. The molecule has 0 bridgehead atoms. The number of amides is 2. The minimum atomic E-state index is 0.0356. The van der Waals surface area contributed by atoms with Gasteiger partial charge in [0.05, 0.1) is 5.69 Å². The van der Waals surface area contributed by atoms with Crippen molar-refractivity contribution in [1.82, 2.24) is 10.2 Å². The summed E-state index contributed by atoms with van der Waals surface area (Å²) in [5.74, 6) is 0.302. The van der Waals surface area contributed by atoms with Crippen LogP contribution >= 0.6 is 0 Å². The lowest BCUT2D eigenvalue weighted by Gasteiger charge is -2.36. The van der Waals surface area contributed by atoms with Crippen LogP contribution in [0.2, 0.25) is 0 Å². The van der Waals surface area contributed by atoms with Gasteiger partial charge in [0.25, 0.3) is 0 Å². The molecule has 0 spiro atoms. The van der Waals surface area contributed by atoms with E-state index >= 15 is 0 Å². The molecule has 2 N–H and O–H groups in total. The highest BCUT2D eigenvalue weighted by Gasteiger charge is 2.22. The molecule has 1 saturated heterocycles. The third-order valence-electron chi connectivity index (χ3n) is 4.10. The second-order valence-corrected chi connectivity index (χ2v) is 5.76. The monoisotopic (exact) mass is 305 g/mol. The van der Waals surface area contributed by atoms with E-state index in [4.69, 9.17) is 0 Å². The number of aromatic hydroxyl groups is 1. The molecule has 2 rings (SSSR count). The first-order chi connectivity index (χ1) is 10.7. The van der Waals surface area contributed by atoms with E-state index in [2.05, 4.69) is 17.1 Å². The fraction of sp³-hybridized carbons (Fsp3) is 0.588. The first-order valence-corrected chi connectivity index (χ1v) is 8.28. The maximum absolute atomic E-state index is 12.1. The van der Waals surface area contributed by atoms with Crippen LogP contribution in [0.25, 0.3) is 0 Å². The smallest absolute Gasteiger partial charge is 0.317 e. The number of phenols is 1. The first-order valence-electron chi connectivity index (χ1n) is 8.28. The normalized spacial score (nSPS) is 15.0. The summed E-state index contributed by atoms with van der Waals surface area (Å²) >= 11 is 0. The highest BCUT2D eigenvalue weighted by molar-refractivity contribution is 5.74. The fourth-order valence-electron chi connectivity index (χ4n) is 2.74. The molecule has 22 heavy (non-hydrogen) atoms. The number of carbonyl (C=O) groups excluding carboxylic acids is 1. The van der Waals surface area contributed by atoms with Crippen LogP contribution in [-0.2, 0) is 0 Å². The Bertz CT molecular complexity index is 471. The summed E-state index contributed by atoms with van der Waals surface area (Å²) in [6.45, 7) is 5.83. The van der Waals surface area contributed by atoms with Gasteiger partial charge >= 0.3 is 6.03 Å². The van der Waals surface area contributed by atoms with Crippen molar-refractivity contribution >= 4 is 11.7 Å². The number of para-hydroxylation sites is 2. The molecule has 0 radical (unpaired) electrons. The number of hydrogen-bond acceptors (Lipinski definition) is 3. The van der Waals surface area contributed by atoms with E-state index in [-0.39, 0.29) is 6.03 Å². The number of rotatable bonds is 6. The van der Waals surface area contributed by atoms with E-state index < -0.39 is 0 Å². The van der Waals surface area contributed by atoms with Crippen LogP contribution < -0.4 is 10.2 Å². The van der Waals surface area contributed by atoms with E-state index in [9.17, 15) is 9.90 Å². The average Bonchev–Trinajstić information content (AvgIpc) is 2.55. The van der Waals surface area contributed by atoms with Crippen molar-refractivity contribution in [3.05, 3.63) is 24.3 Å². The molecule has 0 aromatic heterocycles. The molecular formula is C17H27N3O2. The SMILES string of the molecule is CCCCCCNC(=O)N1CCN(c2ccccc2O)CC1. The Morgan fingerprint density at radius 3 is 2.55 bits per heavy atom. The molecule has 0 saturated carbocycles. The highest BCUT2D eigenvalue weighted by Crippen LogP contribution is 2.27. The maximum Gasteiger partial charge on any atom is 0.317 e. The van der Waals surface area contributed by atoms with E-state index in [1.165, 1.54) is 19.3 Å². The lowest BCUT2D eigenvalue weighted by molar-refractivity contribution is 0.194. The van der Waals surface area contributed by atoms with Crippen LogP contribution in [0.3, 0.4) is 0 Å². The van der Waals surface area contributed by atoms with Gasteiger partial charge in [0.1, 0.15) is 5.75 Å². The van der Waals surface area contributed by atoms with E-state index in [0.717, 1.165) is 31.7 Å². The largest absolute Gasteiger partial charge is 0.506 e. The number of carbonyl (C=O) groups is 1. The summed E-state index contributed by atoms with van der Waals surface area (Å²) in [4.78, 5) is 16.1. The summed E-state index contributed by atoms with van der Waals surface area (Å²) < 4.78 is 0. The van der Waals surface area contributed by atoms with Crippen molar-refractivity contribution in [3.63, 3.8) is 0 Å². The van der Waals surface area contributed by atoms with Crippen molar-refractivity contribution in [2.45, 2.75) is 32.6 Å². The second kappa shape index (κ2) is 8.51. The number of nitrogens with zero attached hydrogens (tertiary/aromatic N) is 2. The summed E-state index contributed by atoms with van der Waals surface area (Å²) in [7, 11) is 0. The number of nitrogens with one attached hydrogen (secondary N) is 1. The van der Waals surface area contributed by atoms with Crippen molar-refractivity contribution in [3.8, 4) is 5.75 Å². The van der Waals surface area contributed by atoms with Crippen LogP contribution in [0.5, 0.6) is 5.75 Å². The number of phenolic OH excluding ortho intramolecular Hbond substituents is 1. The number of benzene rings is 1. The molecule has 1 aromatic carbocycles. The Hall–Kier alpha value is -1.91. The van der Waals surface area contributed by atoms with Gasteiger partial charge in [-0.3, -0.25) is 0 Å². The molecule has 1 heterocycles. The van der Waals surface area contributed by atoms with Gasteiger partial charge in [0, 0.05) is 32.7 Å². The summed E-state index contributed by atoms with van der Waals surface area (Å²) in [6.07, 6.45) is 4.67. The molecule has 1 aromatic rings. The zero-order valence-corrected chi connectivity index (χ0v) is 13.4. The number of hydrogen-bond donors (Lipinski definition) is 2. The van der Waals surface area contributed by atoms with Gasteiger partial charge in [0.15, 0.2) is 0 Å². The van der Waals surface area contributed by atoms with Gasteiger partial charge in [-0.05, 0) is 18.6 Å². The lowest BCUT2D eigenvalue weighted by atomic mass is 10.2. The number of urea groups is 1. The molecule has 2 amide bonds.